The lowest BCUT2D eigenvalue weighted by Gasteiger charge is -2.03. The second-order valence-electron chi connectivity index (χ2n) is 4.11. The van der Waals surface area contributed by atoms with Gasteiger partial charge in [0.05, 0.1) is 11.6 Å². The van der Waals surface area contributed by atoms with E-state index in [9.17, 15) is 4.79 Å². The van der Waals surface area contributed by atoms with E-state index in [2.05, 4.69) is 11.4 Å². The van der Waals surface area contributed by atoms with E-state index >= 15 is 0 Å². The van der Waals surface area contributed by atoms with Crippen molar-refractivity contribution >= 4 is 5.78 Å². The van der Waals surface area contributed by atoms with E-state index in [4.69, 9.17) is 5.26 Å². The molecule has 3 nitrogen and oxygen atoms in total. The number of carbonyl (C=O) groups excluding carboxylic acids is 1. The van der Waals surface area contributed by atoms with Gasteiger partial charge in [-0.2, -0.15) is 5.26 Å². The first-order valence-electron chi connectivity index (χ1n) is 5.91. The van der Waals surface area contributed by atoms with Crippen LogP contribution in [0.4, 0.5) is 0 Å². The molecule has 0 heterocycles. The van der Waals surface area contributed by atoms with Crippen LogP contribution in [0.15, 0.2) is 24.3 Å². The number of nitrogens with zero attached hydrogens (tertiary/aromatic N) is 1. The van der Waals surface area contributed by atoms with Gasteiger partial charge < -0.3 is 5.32 Å². The van der Waals surface area contributed by atoms with Crippen LogP contribution < -0.4 is 5.32 Å². The topological polar surface area (TPSA) is 52.9 Å². The standard InChI is InChI=1S/C14H18N2O/c1-12(17)8-10-16-9-2-3-13-4-6-14(11-15)7-5-13/h4-7,16H,2-3,8-10H2,1H3. The summed E-state index contributed by atoms with van der Waals surface area (Å²) in [6.07, 6.45) is 2.65. The molecule has 0 unspecified atom stereocenters. The number of aryl methyl sites for hydroxylation is 1. The van der Waals surface area contributed by atoms with Gasteiger partial charge in [0.1, 0.15) is 5.78 Å². The highest BCUT2D eigenvalue weighted by molar-refractivity contribution is 5.75. The Kier molecular flexibility index (Phi) is 5.98. The lowest BCUT2D eigenvalue weighted by atomic mass is 10.1. The van der Waals surface area contributed by atoms with E-state index in [1.807, 2.05) is 24.3 Å². The molecule has 0 aliphatic heterocycles. The highest BCUT2D eigenvalue weighted by Crippen LogP contribution is 2.05. The Morgan fingerprint density at radius 3 is 2.59 bits per heavy atom. The third-order valence-electron chi connectivity index (χ3n) is 2.56. The van der Waals surface area contributed by atoms with Gasteiger partial charge in [0.15, 0.2) is 0 Å². The molecule has 1 aromatic rings. The first kappa shape index (κ1) is 13.4. The van der Waals surface area contributed by atoms with E-state index in [0.717, 1.165) is 25.9 Å². The molecular formula is C14H18N2O. The van der Waals surface area contributed by atoms with Crippen molar-refractivity contribution in [3.8, 4) is 6.07 Å². The number of nitriles is 1. The molecule has 0 atom stereocenters. The summed E-state index contributed by atoms with van der Waals surface area (Å²) in [5, 5.41) is 11.9. The second kappa shape index (κ2) is 7.59. The van der Waals surface area contributed by atoms with Gasteiger partial charge in [-0.1, -0.05) is 12.1 Å². The zero-order valence-electron chi connectivity index (χ0n) is 10.2. The fourth-order valence-electron chi connectivity index (χ4n) is 1.55. The minimum Gasteiger partial charge on any atom is -0.316 e. The summed E-state index contributed by atoms with van der Waals surface area (Å²) < 4.78 is 0. The van der Waals surface area contributed by atoms with Crippen molar-refractivity contribution in [2.45, 2.75) is 26.2 Å². The van der Waals surface area contributed by atoms with Gasteiger partial charge in [-0.05, 0) is 44.0 Å². The van der Waals surface area contributed by atoms with Crippen LogP contribution in [0.1, 0.15) is 30.9 Å². The number of carbonyl (C=O) groups is 1. The number of ketones is 1. The van der Waals surface area contributed by atoms with E-state index in [-0.39, 0.29) is 5.78 Å². The molecule has 90 valence electrons. The quantitative estimate of drug-likeness (QED) is 0.729. The summed E-state index contributed by atoms with van der Waals surface area (Å²) in [7, 11) is 0. The number of benzene rings is 1. The molecule has 1 N–H and O–H groups in total. The van der Waals surface area contributed by atoms with Crippen LogP contribution in [0.5, 0.6) is 0 Å². The minimum absolute atomic E-state index is 0.226. The lowest BCUT2D eigenvalue weighted by molar-refractivity contribution is -0.116. The highest BCUT2D eigenvalue weighted by atomic mass is 16.1. The molecule has 0 radical (unpaired) electrons. The molecule has 0 saturated carbocycles. The van der Waals surface area contributed by atoms with Crippen molar-refractivity contribution in [3.05, 3.63) is 35.4 Å². The zero-order chi connectivity index (χ0) is 12.5. The van der Waals surface area contributed by atoms with Gasteiger partial charge in [0.25, 0.3) is 0 Å². The first-order chi connectivity index (χ1) is 8.22. The molecule has 1 aromatic carbocycles. The average Bonchev–Trinajstić information content (AvgIpc) is 2.34. The normalized spacial score (nSPS) is 9.88. The Morgan fingerprint density at radius 2 is 2.00 bits per heavy atom. The van der Waals surface area contributed by atoms with Crippen molar-refractivity contribution in [2.24, 2.45) is 0 Å². The van der Waals surface area contributed by atoms with Gasteiger partial charge >= 0.3 is 0 Å². The van der Waals surface area contributed by atoms with Gasteiger partial charge in [-0.3, -0.25) is 4.79 Å². The Bertz CT molecular complexity index is 390. The molecule has 0 aliphatic rings. The van der Waals surface area contributed by atoms with Crippen LogP contribution >= 0.6 is 0 Å². The van der Waals surface area contributed by atoms with Gasteiger partial charge in [0, 0.05) is 13.0 Å². The molecule has 0 aliphatic carbocycles. The largest absolute Gasteiger partial charge is 0.316 e. The van der Waals surface area contributed by atoms with Crippen LogP contribution in [0.2, 0.25) is 0 Å². The summed E-state index contributed by atoms with van der Waals surface area (Å²) in [6.45, 7) is 3.30. The Morgan fingerprint density at radius 1 is 1.29 bits per heavy atom. The maximum Gasteiger partial charge on any atom is 0.131 e. The van der Waals surface area contributed by atoms with Crippen molar-refractivity contribution in [1.29, 1.82) is 5.26 Å². The smallest absolute Gasteiger partial charge is 0.131 e. The molecule has 0 saturated heterocycles. The summed E-state index contributed by atoms with van der Waals surface area (Å²) in [4.78, 5) is 10.7. The van der Waals surface area contributed by atoms with Crippen molar-refractivity contribution < 1.29 is 4.79 Å². The number of Topliss-reactive ketones (excluding diaryl/α,β-unsaturated/α-hetero) is 1. The van der Waals surface area contributed by atoms with Crippen LogP contribution in [0, 0.1) is 11.3 Å². The van der Waals surface area contributed by atoms with Crippen LogP contribution in [0.3, 0.4) is 0 Å². The summed E-state index contributed by atoms with van der Waals surface area (Å²) in [5.74, 6) is 0.226. The molecule has 17 heavy (non-hydrogen) atoms. The molecule has 1 rings (SSSR count). The van der Waals surface area contributed by atoms with Gasteiger partial charge in [-0.15, -0.1) is 0 Å². The van der Waals surface area contributed by atoms with E-state index in [1.165, 1.54) is 5.56 Å². The molecule has 0 spiro atoms. The molecule has 0 fully saturated rings. The van der Waals surface area contributed by atoms with Crippen LogP contribution in [0.25, 0.3) is 0 Å². The first-order valence-corrected chi connectivity index (χ1v) is 5.91. The van der Waals surface area contributed by atoms with E-state index < -0.39 is 0 Å². The van der Waals surface area contributed by atoms with Gasteiger partial charge in [0.2, 0.25) is 0 Å². The maximum absolute atomic E-state index is 10.7. The molecular weight excluding hydrogens is 212 g/mol. The van der Waals surface area contributed by atoms with E-state index in [0.29, 0.717) is 12.0 Å². The van der Waals surface area contributed by atoms with E-state index in [1.54, 1.807) is 6.92 Å². The molecule has 0 aromatic heterocycles. The predicted molar refractivity (Wildman–Crippen MR) is 67.6 cm³/mol. The molecule has 0 amide bonds. The van der Waals surface area contributed by atoms with Crippen LogP contribution in [-0.4, -0.2) is 18.9 Å². The number of hydrogen-bond acceptors (Lipinski definition) is 3. The maximum atomic E-state index is 10.7. The van der Waals surface area contributed by atoms with Crippen molar-refractivity contribution in [1.82, 2.24) is 5.32 Å². The fourth-order valence-corrected chi connectivity index (χ4v) is 1.55. The molecule has 0 bridgehead atoms. The lowest BCUT2D eigenvalue weighted by Crippen LogP contribution is -2.19. The van der Waals surface area contributed by atoms with Crippen LogP contribution in [-0.2, 0) is 11.2 Å². The van der Waals surface area contributed by atoms with Gasteiger partial charge in [-0.25, -0.2) is 0 Å². The summed E-state index contributed by atoms with van der Waals surface area (Å²) in [6, 6.07) is 9.78. The monoisotopic (exact) mass is 230 g/mol. The van der Waals surface area contributed by atoms with Crippen molar-refractivity contribution in [3.63, 3.8) is 0 Å². The third kappa shape index (κ3) is 5.84. The second-order valence-corrected chi connectivity index (χ2v) is 4.11. The third-order valence-corrected chi connectivity index (χ3v) is 2.56. The summed E-state index contributed by atoms with van der Waals surface area (Å²) >= 11 is 0. The molecule has 3 heteroatoms. The SMILES string of the molecule is CC(=O)CCNCCCc1ccc(C#N)cc1. The number of rotatable bonds is 7. The predicted octanol–water partition coefficient (Wildman–Crippen LogP) is 2.06. The van der Waals surface area contributed by atoms with Crippen molar-refractivity contribution in [2.75, 3.05) is 13.1 Å². The number of hydrogen-bond donors (Lipinski definition) is 1. The Balaban J connectivity index is 2.14. The summed E-state index contributed by atoms with van der Waals surface area (Å²) in [5.41, 5.74) is 1.95. The Labute approximate surface area is 102 Å². The Hall–Kier alpha value is -1.66. The fraction of sp³-hybridized carbons (Fsp3) is 0.429. The highest BCUT2D eigenvalue weighted by Gasteiger charge is 1.95. The zero-order valence-corrected chi connectivity index (χ0v) is 10.2. The minimum atomic E-state index is 0.226. The number of nitrogens with one attached hydrogen (secondary N) is 1. The average molecular weight is 230 g/mol.